The van der Waals surface area contributed by atoms with Crippen LogP contribution in [0.25, 0.3) is 16.6 Å². The van der Waals surface area contributed by atoms with Gasteiger partial charge in [-0.3, -0.25) is 0 Å². The van der Waals surface area contributed by atoms with Gasteiger partial charge in [0.15, 0.2) is 0 Å². The number of hydrogen-bond acceptors (Lipinski definition) is 7. The number of esters is 1. The van der Waals surface area contributed by atoms with Crippen LogP contribution in [0, 0.1) is 18.8 Å². The van der Waals surface area contributed by atoms with E-state index in [0.717, 1.165) is 65.9 Å². The lowest BCUT2D eigenvalue weighted by molar-refractivity contribution is -0.185. The van der Waals surface area contributed by atoms with Gasteiger partial charge in [0.2, 0.25) is 0 Å². The first-order chi connectivity index (χ1) is 17.5. The highest BCUT2D eigenvalue weighted by Crippen LogP contribution is 2.47. The molecule has 2 fully saturated rings. The van der Waals surface area contributed by atoms with Gasteiger partial charge in [-0.15, -0.1) is 0 Å². The van der Waals surface area contributed by atoms with Crippen molar-refractivity contribution in [2.75, 3.05) is 0 Å². The van der Waals surface area contributed by atoms with E-state index < -0.39 is 11.8 Å². The van der Waals surface area contributed by atoms with Crippen molar-refractivity contribution < 1.29 is 19.4 Å². The Bertz CT molecular complexity index is 1270. The summed E-state index contributed by atoms with van der Waals surface area (Å²) in [6.45, 7) is 1.99. The van der Waals surface area contributed by atoms with Crippen LogP contribution in [0.3, 0.4) is 0 Å². The zero-order valence-electron chi connectivity index (χ0n) is 20.6. The third-order valence-corrected chi connectivity index (χ3v) is 8.26. The standard InChI is InChI=1S/C23H22N2O3S.C6H10O/c1-14-6-9-17(10-7-14)23(27)18(12-15-4-2-3-5-15)21(22(26)28-23)16-8-11-19-20(13-16)25-29-24-19;7-5-6-3-1-2-4-6/h6-11,13,15,27H,2-5,12H2,1H3;5-6H,1-4H2. The molecule has 1 unspecified atom stereocenters. The number of carbonyl (C=O) groups is 2. The molecule has 0 amide bonds. The predicted molar refractivity (Wildman–Crippen MR) is 140 cm³/mol. The van der Waals surface area contributed by atoms with E-state index in [1.807, 2.05) is 49.4 Å². The Morgan fingerprint density at radius 1 is 1.00 bits per heavy atom. The van der Waals surface area contributed by atoms with E-state index in [1.165, 1.54) is 25.7 Å². The van der Waals surface area contributed by atoms with E-state index in [9.17, 15) is 14.7 Å². The fourth-order valence-electron chi connectivity index (χ4n) is 5.62. The smallest absolute Gasteiger partial charge is 0.341 e. The zero-order chi connectivity index (χ0) is 25.1. The first-order valence-corrected chi connectivity index (χ1v) is 13.7. The van der Waals surface area contributed by atoms with Crippen LogP contribution in [0.2, 0.25) is 0 Å². The van der Waals surface area contributed by atoms with Gasteiger partial charge in [-0.05, 0) is 49.8 Å². The van der Waals surface area contributed by atoms with Crippen LogP contribution in [0.4, 0.5) is 0 Å². The maximum atomic E-state index is 13.0. The molecule has 0 saturated heterocycles. The Kier molecular flexibility index (Phi) is 7.30. The van der Waals surface area contributed by atoms with Gasteiger partial charge in [-0.1, -0.05) is 74.4 Å². The molecule has 2 aromatic carbocycles. The van der Waals surface area contributed by atoms with E-state index in [2.05, 4.69) is 8.75 Å². The van der Waals surface area contributed by atoms with Crippen LogP contribution in [-0.2, 0) is 20.1 Å². The largest absolute Gasteiger partial charge is 0.421 e. The number of nitrogens with zero attached hydrogens (tertiary/aromatic N) is 2. The normalized spacial score (nSPS) is 22.7. The minimum absolute atomic E-state index is 0.417. The number of aromatic nitrogens is 2. The molecule has 1 N–H and O–H groups in total. The maximum absolute atomic E-state index is 13.0. The van der Waals surface area contributed by atoms with Crippen LogP contribution >= 0.6 is 11.7 Å². The summed E-state index contributed by atoms with van der Waals surface area (Å²) in [7, 11) is 0. The second-order valence-corrected chi connectivity index (χ2v) is 10.8. The maximum Gasteiger partial charge on any atom is 0.341 e. The molecule has 7 heteroatoms. The van der Waals surface area contributed by atoms with Crippen molar-refractivity contribution in [2.24, 2.45) is 11.8 Å². The average molecular weight is 505 g/mol. The summed E-state index contributed by atoms with van der Waals surface area (Å²) in [5.41, 5.74) is 5.10. The monoisotopic (exact) mass is 504 g/mol. The number of carbonyl (C=O) groups excluding carboxylic acids is 2. The molecule has 0 radical (unpaired) electrons. The highest BCUT2D eigenvalue weighted by atomic mass is 32.1. The van der Waals surface area contributed by atoms with Crippen LogP contribution in [0.1, 0.15) is 74.5 Å². The molecule has 2 saturated carbocycles. The number of ether oxygens (including phenoxy) is 1. The summed E-state index contributed by atoms with van der Waals surface area (Å²) in [5, 5.41) is 11.6. The SMILES string of the molecule is Cc1ccc(C2(O)OC(=O)C(c3ccc4nsnc4c3)=C2CC2CCCC2)cc1.O=CC1CCCC1. The van der Waals surface area contributed by atoms with Gasteiger partial charge in [0.1, 0.15) is 17.3 Å². The molecule has 6 nitrogen and oxygen atoms in total. The molecule has 1 aromatic heterocycles. The van der Waals surface area contributed by atoms with Gasteiger partial charge in [0, 0.05) is 17.1 Å². The third kappa shape index (κ3) is 5.00. The number of cyclic esters (lactones) is 1. The van der Waals surface area contributed by atoms with Crippen molar-refractivity contribution in [1.82, 2.24) is 8.75 Å². The Labute approximate surface area is 215 Å². The lowest BCUT2D eigenvalue weighted by Crippen LogP contribution is -2.29. The first kappa shape index (κ1) is 24.8. The van der Waals surface area contributed by atoms with Crippen LogP contribution in [0.5, 0.6) is 0 Å². The fraction of sp³-hybridized carbons (Fsp3) is 0.448. The highest BCUT2D eigenvalue weighted by molar-refractivity contribution is 7.00. The Morgan fingerprint density at radius 3 is 2.33 bits per heavy atom. The van der Waals surface area contributed by atoms with Crippen LogP contribution in [0.15, 0.2) is 48.0 Å². The van der Waals surface area contributed by atoms with E-state index in [0.29, 0.717) is 35.0 Å². The van der Waals surface area contributed by atoms with Crippen molar-refractivity contribution in [3.8, 4) is 0 Å². The zero-order valence-corrected chi connectivity index (χ0v) is 21.4. The Balaban J connectivity index is 0.000000330. The number of aliphatic hydroxyl groups is 1. The Morgan fingerprint density at radius 2 is 1.67 bits per heavy atom. The van der Waals surface area contributed by atoms with Crippen LogP contribution in [-0.4, -0.2) is 26.1 Å². The second kappa shape index (κ2) is 10.6. The van der Waals surface area contributed by atoms with Crippen molar-refractivity contribution in [1.29, 1.82) is 0 Å². The van der Waals surface area contributed by atoms with Gasteiger partial charge < -0.3 is 14.6 Å². The summed E-state index contributed by atoms with van der Waals surface area (Å²) >= 11 is 1.15. The molecule has 3 aromatic rings. The van der Waals surface area contributed by atoms with Gasteiger partial charge in [0.25, 0.3) is 5.79 Å². The van der Waals surface area contributed by atoms with Crippen molar-refractivity contribution in [2.45, 2.75) is 70.5 Å². The molecule has 6 rings (SSSR count). The molecular formula is C29H32N2O4S. The summed E-state index contributed by atoms with van der Waals surface area (Å²) in [4.78, 5) is 23.0. The number of hydrogen-bond donors (Lipinski definition) is 1. The van der Waals surface area contributed by atoms with Crippen LogP contribution < -0.4 is 0 Å². The quantitative estimate of drug-likeness (QED) is 0.333. The molecule has 2 heterocycles. The molecule has 1 atom stereocenters. The molecule has 0 bridgehead atoms. The second-order valence-electron chi connectivity index (χ2n) is 10.3. The molecule has 2 aliphatic carbocycles. The number of benzene rings is 2. The Hall–Kier alpha value is -2.90. The number of aldehydes is 1. The molecule has 3 aliphatic rings. The fourth-order valence-corrected chi connectivity index (χ4v) is 6.14. The molecule has 0 spiro atoms. The molecular weight excluding hydrogens is 472 g/mol. The summed E-state index contributed by atoms with van der Waals surface area (Å²) in [5.74, 6) is -1.34. The average Bonchev–Trinajstić information content (AvgIpc) is 3.69. The van der Waals surface area contributed by atoms with E-state index >= 15 is 0 Å². The summed E-state index contributed by atoms with van der Waals surface area (Å²) < 4.78 is 14.2. The molecule has 36 heavy (non-hydrogen) atoms. The summed E-state index contributed by atoms with van der Waals surface area (Å²) in [6, 6.07) is 13.1. The third-order valence-electron chi connectivity index (χ3n) is 7.70. The summed E-state index contributed by atoms with van der Waals surface area (Å²) in [6.07, 6.45) is 11.2. The molecule has 188 valence electrons. The number of aryl methyl sites for hydroxylation is 1. The molecule has 1 aliphatic heterocycles. The van der Waals surface area contributed by atoms with Crippen molar-refractivity contribution >= 4 is 40.6 Å². The number of rotatable bonds is 5. The lowest BCUT2D eigenvalue weighted by Gasteiger charge is -2.27. The number of fused-ring (bicyclic) bond motifs is 1. The first-order valence-electron chi connectivity index (χ1n) is 12.9. The van der Waals surface area contributed by atoms with Gasteiger partial charge in [-0.25, -0.2) is 4.79 Å². The minimum atomic E-state index is -1.72. The lowest BCUT2D eigenvalue weighted by atomic mass is 9.85. The van der Waals surface area contributed by atoms with Crippen molar-refractivity contribution in [3.63, 3.8) is 0 Å². The topological polar surface area (TPSA) is 89.4 Å². The van der Waals surface area contributed by atoms with E-state index in [-0.39, 0.29) is 0 Å². The minimum Gasteiger partial charge on any atom is -0.421 e. The highest BCUT2D eigenvalue weighted by Gasteiger charge is 2.48. The van der Waals surface area contributed by atoms with Gasteiger partial charge >= 0.3 is 5.97 Å². The van der Waals surface area contributed by atoms with Gasteiger partial charge in [-0.2, -0.15) is 8.75 Å². The van der Waals surface area contributed by atoms with E-state index in [4.69, 9.17) is 4.74 Å². The van der Waals surface area contributed by atoms with E-state index in [1.54, 1.807) is 0 Å². The predicted octanol–water partition coefficient (Wildman–Crippen LogP) is 6.11. The van der Waals surface area contributed by atoms with Gasteiger partial charge in [0.05, 0.1) is 17.3 Å². The van der Waals surface area contributed by atoms with Crippen molar-refractivity contribution in [3.05, 3.63) is 64.7 Å².